The molecule has 1 aromatic heterocycles. The van der Waals surface area contributed by atoms with Crippen LogP contribution in [0.1, 0.15) is 18.9 Å². The number of carbonyl (C=O) groups is 1. The lowest BCUT2D eigenvalue weighted by molar-refractivity contribution is -0.139. The molecule has 1 N–H and O–H groups in total. The average Bonchev–Trinajstić information content (AvgIpc) is 2.71. The van der Waals surface area contributed by atoms with E-state index in [1.807, 2.05) is 13.0 Å². The lowest BCUT2D eigenvalue weighted by Gasteiger charge is -2.25. The molecule has 1 saturated heterocycles. The van der Waals surface area contributed by atoms with Crippen LogP contribution in [0.25, 0.3) is 0 Å². The molecule has 1 aliphatic heterocycles. The Kier molecular flexibility index (Phi) is 3.39. The molecule has 94 valence electrons. The molecule has 0 bridgehead atoms. The molecular weight excluding hydrogens is 254 g/mol. The van der Waals surface area contributed by atoms with Crippen LogP contribution in [0, 0.1) is 17.2 Å². The van der Waals surface area contributed by atoms with Gasteiger partial charge in [-0.25, -0.2) is 9.78 Å². The van der Waals surface area contributed by atoms with Crippen molar-refractivity contribution in [3.8, 4) is 6.07 Å². The van der Waals surface area contributed by atoms with Gasteiger partial charge in [-0.3, -0.25) is 0 Å². The van der Waals surface area contributed by atoms with Crippen LogP contribution in [0.5, 0.6) is 0 Å². The van der Waals surface area contributed by atoms with E-state index in [1.54, 1.807) is 4.90 Å². The third kappa shape index (κ3) is 2.00. The van der Waals surface area contributed by atoms with Crippen LogP contribution in [-0.2, 0) is 4.79 Å². The molecule has 18 heavy (non-hydrogen) atoms. The van der Waals surface area contributed by atoms with E-state index in [0.717, 1.165) is 6.42 Å². The third-order valence-electron chi connectivity index (χ3n) is 3.22. The Bertz CT molecular complexity index is 527. The van der Waals surface area contributed by atoms with E-state index in [1.165, 1.54) is 12.3 Å². The summed E-state index contributed by atoms with van der Waals surface area (Å²) < 4.78 is 0. The zero-order valence-corrected chi connectivity index (χ0v) is 10.6. The Balaban J connectivity index is 2.43. The van der Waals surface area contributed by atoms with Gasteiger partial charge in [-0.15, -0.1) is 0 Å². The van der Waals surface area contributed by atoms with Crippen LogP contribution >= 0.6 is 11.6 Å². The highest BCUT2D eigenvalue weighted by Gasteiger charge is 2.38. The molecule has 1 fully saturated rings. The van der Waals surface area contributed by atoms with E-state index >= 15 is 0 Å². The smallest absolute Gasteiger partial charge is 0.326 e. The summed E-state index contributed by atoms with van der Waals surface area (Å²) >= 11 is 6.09. The van der Waals surface area contributed by atoms with Crippen LogP contribution in [0.3, 0.4) is 0 Å². The lowest BCUT2D eigenvalue weighted by Crippen LogP contribution is -2.39. The summed E-state index contributed by atoms with van der Waals surface area (Å²) in [6, 6.07) is 2.85. The first-order valence-electron chi connectivity index (χ1n) is 5.60. The van der Waals surface area contributed by atoms with Crippen molar-refractivity contribution in [2.24, 2.45) is 5.92 Å². The normalized spacial score (nSPS) is 22.8. The molecule has 0 saturated carbocycles. The van der Waals surface area contributed by atoms with E-state index in [9.17, 15) is 9.90 Å². The van der Waals surface area contributed by atoms with Gasteiger partial charge in [0.05, 0.1) is 5.56 Å². The molecule has 0 aromatic carbocycles. The monoisotopic (exact) mass is 265 g/mol. The highest BCUT2D eigenvalue weighted by molar-refractivity contribution is 6.34. The first-order chi connectivity index (χ1) is 8.56. The number of aliphatic carboxylic acids is 1. The number of pyridine rings is 1. The Labute approximate surface area is 110 Å². The molecular formula is C12H12ClN3O2. The minimum Gasteiger partial charge on any atom is -0.480 e. The quantitative estimate of drug-likeness (QED) is 0.884. The molecule has 5 nitrogen and oxygen atoms in total. The number of hydrogen-bond donors (Lipinski definition) is 1. The Morgan fingerprint density at radius 2 is 2.44 bits per heavy atom. The Morgan fingerprint density at radius 1 is 1.72 bits per heavy atom. The maximum atomic E-state index is 11.3. The van der Waals surface area contributed by atoms with Crippen molar-refractivity contribution in [3.63, 3.8) is 0 Å². The van der Waals surface area contributed by atoms with Crippen molar-refractivity contribution in [2.45, 2.75) is 19.4 Å². The van der Waals surface area contributed by atoms with Crippen LogP contribution in [-0.4, -0.2) is 28.6 Å². The number of carboxylic acid groups (broad SMARTS) is 1. The summed E-state index contributed by atoms with van der Waals surface area (Å²) in [5.41, 5.74) is 0.311. The first kappa shape index (κ1) is 12.7. The highest BCUT2D eigenvalue weighted by atomic mass is 35.5. The van der Waals surface area contributed by atoms with Crippen LogP contribution in [0.15, 0.2) is 12.3 Å². The standard InChI is InChI=1S/C12H12ClN3O2/c1-7-3-5-16(10(7)12(17)18)11-9(13)8(6-14)2-4-15-11/h2,4,7,10H,3,5H2,1H3,(H,17,18). The van der Waals surface area contributed by atoms with Gasteiger partial charge in [0.15, 0.2) is 0 Å². The average molecular weight is 266 g/mol. The molecule has 1 aromatic rings. The van der Waals surface area contributed by atoms with Gasteiger partial charge in [0.1, 0.15) is 23.0 Å². The fourth-order valence-electron chi connectivity index (χ4n) is 2.28. The highest BCUT2D eigenvalue weighted by Crippen LogP contribution is 2.34. The van der Waals surface area contributed by atoms with Crippen LogP contribution in [0.2, 0.25) is 5.02 Å². The summed E-state index contributed by atoms with van der Waals surface area (Å²) in [5, 5.41) is 18.4. The van der Waals surface area contributed by atoms with Crippen molar-refractivity contribution in [1.82, 2.24) is 4.98 Å². The molecule has 0 radical (unpaired) electrons. The maximum absolute atomic E-state index is 11.3. The second-order valence-electron chi connectivity index (χ2n) is 4.35. The van der Waals surface area contributed by atoms with E-state index in [0.29, 0.717) is 17.9 Å². The van der Waals surface area contributed by atoms with E-state index < -0.39 is 12.0 Å². The van der Waals surface area contributed by atoms with Gasteiger partial charge in [-0.1, -0.05) is 18.5 Å². The molecule has 0 aliphatic carbocycles. The lowest BCUT2D eigenvalue weighted by atomic mass is 10.0. The Hall–Kier alpha value is -1.80. The summed E-state index contributed by atoms with van der Waals surface area (Å²) in [4.78, 5) is 17.1. The molecule has 2 rings (SSSR count). The van der Waals surface area contributed by atoms with Crippen molar-refractivity contribution in [1.29, 1.82) is 5.26 Å². The second kappa shape index (κ2) is 4.83. The number of nitriles is 1. The summed E-state index contributed by atoms with van der Waals surface area (Å²) in [7, 11) is 0. The predicted octanol–water partition coefficient (Wildman–Crippen LogP) is 1.91. The fourth-order valence-corrected chi connectivity index (χ4v) is 2.54. The third-order valence-corrected chi connectivity index (χ3v) is 3.59. The van der Waals surface area contributed by atoms with E-state index in [-0.39, 0.29) is 10.9 Å². The minimum absolute atomic E-state index is 0.0334. The molecule has 2 atom stereocenters. The van der Waals surface area contributed by atoms with Gasteiger partial charge in [0, 0.05) is 12.7 Å². The Morgan fingerprint density at radius 3 is 3.06 bits per heavy atom. The number of nitrogens with zero attached hydrogens (tertiary/aromatic N) is 3. The zero-order chi connectivity index (χ0) is 13.3. The molecule has 6 heteroatoms. The van der Waals surface area contributed by atoms with Gasteiger partial charge >= 0.3 is 5.97 Å². The largest absolute Gasteiger partial charge is 0.480 e. The van der Waals surface area contributed by atoms with E-state index in [2.05, 4.69) is 4.98 Å². The second-order valence-corrected chi connectivity index (χ2v) is 4.73. The number of halogens is 1. The number of aromatic nitrogens is 1. The number of hydrogen-bond acceptors (Lipinski definition) is 4. The van der Waals surface area contributed by atoms with Gasteiger partial charge in [0.25, 0.3) is 0 Å². The van der Waals surface area contributed by atoms with Gasteiger partial charge in [-0.05, 0) is 18.4 Å². The zero-order valence-electron chi connectivity index (χ0n) is 9.80. The van der Waals surface area contributed by atoms with Crippen molar-refractivity contribution in [2.75, 3.05) is 11.4 Å². The van der Waals surface area contributed by atoms with Gasteiger partial charge in [-0.2, -0.15) is 5.26 Å². The maximum Gasteiger partial charge on any atom is 0.326 e. The SMILES string of the molecule is CC1CCN(c2nccc(C#N)c2Cl)C1C(=O)O. The summed E-state index contributed by atoms with van der Waals surface area (Å²) in [5.74, 6) is -0.473. The van der Waals surface area contributed by atoms with Crippen molar-refractivity contribution in [3.05, 3.63) is 22.8 Å². The fraction of sp³-hybridized carbons (Fsp3) is 0.417. The van der Waals surface area contributed by atoms with Gasteiger partial charge in [0.2, 0.25) is 0 Å². The predicted molar refractivity (Wildman–Crippen MR) is 66.5 cm³/mol. The van der Waals surface area contributed by atoms with E-state index in [4.69, 9.17) is 16.9 Å². The molecule has 2 heterocycles. The minimum atomic E-state index is -0.889. The number of rotatable bonds is 2. The molecule has 0 spiro atoms. The topological polar surface area (TPSA) is 77.2 Å². The number of carboxylic acids is 1. The molecule has 2 unspecified atom stereocenters. The van der Waals surface area contributed by atoms with Crippen molar-refractivity contribution < 1.29 is 9.90 Å². The van der Waals surface area contributed by atoms with Crippen molar-refractivity contribution >= 4 is 23.4 Å². The van der Waals surface area contributed by atoms with Gasteiger partial charge < -0.3 is 10.0 Å². The molecule has 0 amide bonds. The number of anilines is 1. The summed E-state index contributed by atoms with van der Waals surface area (Å²) in [6.45, 7) is 2.47. The first-order valence-corrected chi connectivity index (χ1v) is 5.98. The molecule has 1 aliphatic rings. The summed E-state index contributed by atoms with van der Waals surface area (Å²) in [6.07, 6.45) is 2.24. The van der Waals surface area contributed by atoms with Crippen LogP contribution < -0.4 is 4.90 Å². The van der Waals surface area contributed by atoms with Crippen LogP contribution in [0.4, 0.5) is 5.82 Å².